The van der Waals surface area contributed by atoms with Crippen LogP contribution in [0.3, 0.4) is 0 Å². The lowest BCUT2D eigenvalue weighted by Gasteiger charge is -2.21. The van der Waals surface area contributed by atoms with E-state index in [1.165, 1.54) is 13.1 Å². The molecule has 0 aliphatic rings. The highest BCUT2D eigenvalue weighted by Gasteiger charge is 2.17. The van der Waals surface area contributed by atoms with Crippen molar-refractivity contribution in [1.29, 1.82) is 0 Å². The summed E-state index contributed by atoms with van der Waals surface area (Å²) < 4.78 is 16.7. The highest BCUT2D eigenvalue weighted by Crippen LogP contribution is 2.32. The zero-order valence-electron chi connectivity index (χ0n) is 16.1. The lowest BCUT2D eigenvalue weighted by atomic mass is 10.1. The Kier molecular flexibility index (Phi) is 8.11. The van der Waals surface area contributed by atoms with E-state index in [2.05, 4.69) is 10.4 Å². The van der Waals surface area contributed by atoms with Crippen LogP contribution in [0, 0.1) is 0 Å². The van der Waals surface area contributed by atoms with Gasteiger partial charge in [-0.1, -0.05) is 12.1 Å². The molecule has 2 aromatic carbocycles. The maximum absolute atomic E-state index is 11.6. The molecule has 0 saturated carbocycles. The molecule has 8 nitrogen and oxygen atoms in total. The molecule has 1 unspecified atom stereocenters. The monoisotopic (exact) mass is 387 g/mol. The number of carbonyl (C=O) groups is 1. The maximum atomic E-state index is 11.6. The van der Waals surface area contributed by atoms with Crippen molar-refractivity contribution in [1.82, 2.24) is 5.59 Å². The largest absolute Gasteiger partial charge is 0.490 e. The molecule has 0 heterocycles. The number of benzene rings is 2. The van der Waals surface area contributed by atoms with E-state index in [-0.39, 0.29) is 0 Å². The van der Waals surface area contributed by atoms with Gasteiger partial charge in [-0.15, -0.1) is 0 Å². The van der Waals surface area contributed by atoms with Crippen LogP contribution >= 0.6 is 0 Å². The number of carbonyl (C=O) groups excluding carboxylic acids is 1. The lowest BCUT2D eigenvalue weighted by Crippen LogP contribution is -2.17. The summed E-state index contributed by atoms with van der Waals surface area (Å²) in [6, 6.07) is 12.6. The van der Waals surface area contributed by atoms with Crippen LogP contribution in [0.5, 0.6) is 11.5 Å². The van der Waals surface area contributed by atoms with Gasteiger partial charge in [-0.05, 0) is 49.7 Å². The molecule has 150 valence electrons. The summed E-state index contributed by atoms with van der Waals surface area (Å²) >= 11 is 0. The minimum Gasteiger partial charge on any atom is -0.490 e. The Labute approximate surface area is 164 Å². The van der Waals surface area contributed by atoms with Crippen molar-refractivity contribution < 1.29 is 24.2 Å². The average Bonchev–Trinajstić information content (AvgIpc) is 2.68. The zero-order valence-corrected chi connectivity index (χ0v) is 16.1. The second kappa shape index (κ2) is 10.8. The normalized spacial score (nSPS) is 11.7. The Bertz CT molecular complexity index is 793. The number of anilines is 1. The van der Waals surface area contributed by atoms with Crippen LogP contribution in [0.15, 0.2) is 47.6 Å². The second-order valence-corrected chi connectivity index (χ2v) is 5.69. The van der Waals surface area contributed by atoms with E-state index in [1.807, 2.05) is 32.0 Å². The first kappa shape index (κ1) is 21.0. The first-order valence-electron chi connectivity index (χ1n) is 8.92. The molecule has 0 aromatic heterocycles. The number of rotatable bonds is 10. The van der Waals surface area contributed by atoms with E-state index in [0.29, 0.717) is 24.7 Å². The number of esters is 1. The molecule has 28 heavy (non-hydrogen) atoms. The van der Waals surface area contributed by atoms with Gasteiger partial charge in [0.2, 0.25) is 0 Å². The van der Waals surface area contributed by atoms with Crippen molar-refractivity contribution in [2.45, 2.75) is 27.0 Å². The van der Waals surface area contributed by atoms with E-state index >= 15 is 0 Å². The van der Waals surface area contributed by atoms with E-state index in [9.17, 15) is 4.79 Å². The molecule has 0 saturated heterocycles. The standard InChI is InChI=1S/C20H25N3O5/c1-4-26-18-11-8-16(12-19(18)27-5-2)20(28-14(3)24)22-17-9-6-15(7-10-17)13-21-23-25/h6-13,20,22-23,25H,4-5H2,1-3H3/b21-13-. The quantitative estimate of drug-likeness (QED) is 0.248. The predicted molar refractivity (Wildman–Crippen MR) is 106 cm³/mol. The highest BCUT2D eigenvalue weighted by atomic mass is 16.6. The van der Waals surface area contributed by atoms with Gasteiger partial charge in [0, 0.05) is 18.2 Å². The van der Waals surface area contributed by atoms with Gasteiger partial charge in [0.25, 0.3) is 0 Å². The summed E-state index contributed by atoms with van der Waals surface area (Å²) in [6.45, 7) is 6.15. The van der Waals surface area contributed by atoms with Gasteiger partial charge in [-0.3, -0.25) is 10.0 Å². The molecule has 0 amide bonds. The van der Waals surface area contributed by atoms with Gasteiger partial charge < -0.3 is 19.5 Å². The molecule has 0 spiro atoms. The third-order valence-electron chi connectivity index (χ3n) is 3.63. The van der Waals surface area contributed by atoms with Gasteiger partial charge >= 0.3 is 5.97 Å². The zero-order chi connectivity index (χ0) is 20.4. The average molecular weight is 387 g/mol. The fraction of sp³-hybridized carbons (Fsp3) is 0.300. The molecule has 1 atom stereocenters. The van der Waals surface area contributed by atoms with Gasteiger partial charge in [0.05, 0.1) is 19.4 Å². The first-order chi connectivity index (χ1) is 13.6. The molecular weight excluding hydrogens is 362 g/mol. The number of ether oxygens (including phenoxy) is 3. The molecule has 0 aliphatic carbocycles. The third-order valence-corrected chi connectivity index (χ3v) is 3.63. The third kappa shape index (κ3) is 6.17. The Morgan fingerprint density at radius 3 is 2.39 bits per heavy atom. The smallest absolute Gasteiger partial charge is 0.304 e. The highest BCUT2D eigenvalue weighted by molar-refractivity contribution is 5.80. The predicted octanol–water partition coefficient (Wildman–Crippen LogP) is 3.47. The van der Waals surface area contributed by atoms with E-state index in [4.69, 9.17) is 19.4 Å². The maximum Gasteiger partial charge on any atom is 0.304 e. The molecule has 0 radical (unpaired) electrons. The Hall–Kier alpha value is -3.26. The van der Waals surface area contributed by atoms with Crippen LogP contribution in [0.4, 0.5) is 5.69 Å². The van der Waals surface area contributed by atoms with Gasteiger partial charge in [-0.2, -0.15) is 10.7 Å². The summed E-state index contributed by atoms with van der Waals surface area (Å²) in [5.41, 5.74) is 3.96. The Balaban J connectivity index is 2.26. The fourth-order valence-electron chi connectivity index (χ4n) is 2.50. The number of hydrogen-bond acceptors (Lipinski definition) is 8. The Morgan fingerprint density at radius 1 is 1.11 bits per heavy atom. The van der Waals surface area contributed by atoms with E-state index < -0.39 is 12.2 Å². The van der Waals surface area contributed by atoms with Crippen LogP contribution in [0.25, 0.3) is 0 Å². The molecule has 8 heteroatoms. The molecule has 0 fully saturated rings. The van der Waals surface area contributed by atoms with Crippen molar-refractivity contribution in [2.75, 3.05) is 18.5 Å². The minimum atomic E-state index is -0.703. The second-order valence-electron chi connectivity index (χ2n) is 5.69. The van der Waals surface area contributed by atoms with E-state index in [0.717, 1.165) is 16.8 Å². The van der Waals surface area contributed by atoms with Crippen molar-refractivity contribution in [3.05, 3.63) is 53.6 Å². The fourth-order valence-corrected chi connectivity index (χ4v) is 2.50. The molecular formula is C20H25N3O5. The molecule has 0 aliphatic heterocycles. The number of nitrogens with zero attached hydrogens (tertiary/aromatic N) is 1. The molecule has 2 rings (SSSR count). The van der Waals surface area contributed by atoms with Crippen LogP contribution in [-0.4, -0.2) is 30.6 Å². The molecule has 0 bridgehead atoms. The first-order valence-corrected chi connectivity index (χ1v) is 8.92. The van der Waals surface area contributed by atoms with E-state index in [1.54, 1.807) is 29.9 Å². The summed E-state index contributed by atoms with van der Waals surface area (Å²) in [5, 5.41) is 15.2. The molecule has 2 aromatic rings. The van der Waals surface area contributed by atoms with Crippen LogP contribution < -0.4 is 20.4 Å². The number of nitrogens with one attached hydrogen (secondary N) is 2. The summed E-state index contributed by atoms with van der Waals surface area (Å²) in [7, 11) is 0. The summed E-state index contributed by atoms with van der Waals surface area (Å²) in [5.74, 6) is 0.807. The summed E-state index contributed by atoms with van der Waals surface area (Å²) in [6.07, 6.45) is 0.764. The SMILES string of the molecule is CCOc1ccc(C(Nc2ccc(/C=N\NO)cc2)OC(C)=O)cc1OCC. The Morgan fingerprint density at radius 2 is 1.79 bits per heavy atom. The topological polar surface area (TPSA) is 101 Å². The van der Waals surface area contributed by atoms with Crippen molar-refractivity contribution in [3.63, 3.8) is 0 Å². The minimum absolute atomic E-state index is 0.415. The number of hydrogen-bond donors (Lipinski definition) is 3. The number of hydrazone groups is 1. The van der Waals surface area contributed by atoms with Gasteiger partial charge in [0.1, 0.15) is 0 Å². The summed E-state index contributed by atoms with van der Waals surface area (Å²) in [4.78, 5) is 11.6. The van der Waals surface area contributed by atoms with Crippen LogP contribution in [0.1, 0.15) is 38.1 Å². The van der Waals surface area contributed by atoms with Gasteiger partial charge in [-0.25, -0.2) is 0 Å². The van der Waals surface area contributed by atoms with Crippen molar-refractivity contribution in [2.24, 2.45) is 5.10 Å². The van der Waals surface area contributed by atoms with Crippen LogP contribution in [-0.2, 0) is 9.53 Å². The van der Waals surface area contributed by atoms with Crippen LogP contribution in [0.2, 0.25) is 0 Å². The molecule has 3 N–H and O–H groups in total. The van der Waals surface area contributed by atoms with Crippen molar-refractivity contribution >= 4 is 17.9 Å². The lowest BCUT2D eigenvalue weighted by molar-refractivity contribution is -0.145. The van der Waals surface area contributed by atoms with Gasteiger partial charge in [0.15, 0.2) is 17.7 Å². The van der Waals surface area contributed by atoms with Crippen molar-refractivity contribution in [3.8, 4) is 11.5 Å².